The van der Waals surface area contributed by atoms with Crippen molar-refractivity contribution in [3.63, 3.8) is 0 Å². The van der Waals surface area contributed by atoms with Gasteiger partial charge < -0.3 is 4.90 Å². The Morgan fingerprint density at radius 2 is 1.71 bits per heavy atom. The van der Waals surface area contributed by atoms with Crippen LogP contribution in [0.1, 0.15) is 49.0 Å². The van der Waals surface area contributed by atoms with Crippen molar-refractivity contribution >= 4 is 5.91 Å². The van der Waals surface area contributed by atoms with E-state index in [9.17, 15) is 9.59 Å². The smallest absolute Gasteiger partial charge is 0.274 e. The summed E-state index contributed by atoms with van der Waals surface area (Å²) in [5.41, 5.74) is 0.731. The van der Waals surface area contributed by atoms with Gasteiger partial charge in [-0.05, 0) is 31.0 Å². The number of hydrogen-bond donors (Lipinski definition) is 0. The summed E-state index contributed by atoms with van der Waals surface area (Å²) in [5, 5.41) is 4.29. The van der Waals surface area contributed by atoms with E-state index < -0.39 is 0 Å². The fraction of sp³-hybridized carbons (Fsp3) is 0.421. The lowest BCUT2D eigenvalue weighted by atomic mass is 10.1. The Bertz CT molecular complexity index is 747. The third-order valence-electron chi connectivity index (χ3n) is 4.71. The topological polar surface area (TPSA) is 55.2 Å². The van der Waals surface area contributed by atoms with Gasteiger partial charge >= 0.3 is 0 Å². The first kappa shape index (κ1) is 16.4. The summed E-state index contributed by atoms with van der Waals surface area (Å²) in [5.74, 6) is -0.119. The van der Waals surface area contributed by atoms with Gasteiger partial charge in [0.1, 0.15) is 5.69 Å². The molecule has 3 rings (SSSR count). The van der Waals surface area contributed by atoms with Crippen molar-refractivity contribution in [2.24, 2.45) is 0 Å². The molecule has 1 amide bonds. The minimum absolute atomic E-state index is 0.119. The van der Waals surface area contributed by atoms with Crippen molar-refractivity contribution in [3.05, 3.63) is 58.5 Å². The lowest BCUT2D eigenvalue weighted by molar-refractivity contribution is 0.0709. The van der Waals surface area contributed by atoms with Gasteiger partial charge in [0.25, 0.3) is 11.5 Å². The molecule has 0 unspecified atom stereocenters. The Morgan fingerprint density at radius 1 is 1.04 bits per heavy atom. The Kier molecular flexibility index (Phi) is 5.08. The van der Waals surface area contributed by atoms with Crippen LogP contribution in [0.5, 0.6) is 0 Å². The molecular weight excluding hydrogens is 302 g/mol. The molecule has 5 nitrogen and oxygen atoms in total. The minimum Gasteiger partial charge on any atom is -0.337 e. The number of carbonyl (C=O) groups excluding carboxylic acids is 1. The van der Waals surface area contributed by atoms with Crippen LogP contribution in [0, 0.1) is 0 Å². The summed E-state index contributed by atoms with van der Waals surface area (Å²) >= 11 is 0. The van der Waals surface area contributed by atoms with Crippen LogP contribution in [0.3, 0.4) is 0 Å². The number of carbonyl (C=O) groups is 1. The van der Waals surface area contributed by atoms with E-state index >= 15 is 0 Å². The average molecular weight is 325 g/mol. The van der Waals surface area contributed by atoms with Gasteiger partial charge in [0.15, 0.2) is 0 Å². The standard InChI is InChI=1S/C19H23N3O2/c1-21(15-9-5-2-3-6-10-15)19(24)17-13-14-18(23)22(20-17)16-11-7-4-8-12-16/h4,7-8,11-15H,2-3,5-6,9-10H2,1H3. The molecule has 24 heavy (non-hydrogen) atoms. The minimum atomic E-state index is -0.241. The molecule has 1 aromatic heterocycles. The fourth-order valence-corrected chi connectivity index (χ4v) is 3.27. The first-order valence-corrected chi connectivity index (χ1v) is 8.60. The van der Waals surface area contributed by atoms with Crippen LogP contribution in [-0.4, -0.2) is 33.7 Å². The molecule has 1 heterocycles. The maximum Gasteiger partial charge on any atom is 0.274 e. The maximum atomic E-state index is 12.8. The highest BCUT2D eigenvalue weighted by Gasteiger charge is 2.23. The van der Waals surface area contributed by atoms with E-state index in [2.05, 4.69) is 5.10 Å². The summed E-state index contributed by atoms with van der Waals surface area (Å²) < 4.78 is 1.29. The SMILES string of the molecule is CN(C(=O)c1ccc(=O)n(-c2ccccc2)n1)C1CCCCCC1. The van der Waals surface area contributed by atoms with Crippen LogP contribution in [-0.2, 0) is 0 Å². The van der Waals surface area contributed by atoms with Gasteiger partial charge in [-0.3, -0.25) is 9.59 Å². The molecule has 0 atom stereocenters. The second-order valence-corrected chi connectivity index (χ2v) is 6.37. The lowest BCUT2D eigenvalue weighted by Gasteiger charge is -2.27. The second kappa shape index (κ2) is 7.43. The number of amides is 1. The monoisotopic (exact) mass is 325 g/mol. The van der Waals surface area contributed by atoms with E-state index in [4.69, 9.17) is 0 Å². The van der Waals surface area contributed by atoms with E-state index in [1.54, 1.807) is 17.0 Å². The van der Waals surface area contributed by atoms with E-state index in [0.717, 1.165) is 12.8 Å². The van der Waals surface area contributed by atoms with Crippen LogP contribution >= 0.6 is 0 Å². The van der Waals surface area contributed by atoms with Crippen LogP contribution in [0.15, 0.2) is 47.3 Å². The first-order chi connectivity index (χ1) is 11.7. The Morgan fingerprint density at radius 3 is 2.38 bits per heavy atom. The number of rotatable bonds is 3. The molecule has 1 fully saturated rings. The molecule has 1 aliphatic rings. The van der Waals surface area contributed by atoms with Gasteiger partial charge in [-0.25, -0.2) is 0 Å². The third-order valence-corrected chi connectivity index (χ3v) is 4.71. The normalized spacial score (nSPS) is 15.7. The first-order valence-electron chi connectivity index (χ1n) is 8.60. The van der Waals surface area contributed by atoms with Crippen LogP contribution in [0.2, 0.25) is 0 Å². The van der Waals surface area contributed by atoms with Gasteiger partial charge in [0.2, 0.25) is 0 Å². The molecule has 0 spiro atoms. The molecule has 1 aliphatic carbocycles. The Labute approximate surface area is 141 Å². The molecule has 0 aliphatic heterocycles. The van der Waals surface area contributed by atoms with E-state index in [0.29, 0.717) is 11.4 Å². The summed E-state index contributed by atoms with van der Waals surface area (Å²) in [7, 11) is 1.85. The molecule has 126 valence electrons. The van der Waals surface area contributed by atoms with Crippen molar-refractivity contribution in [1.29, 1.82) is 0 Å². The zero-order chi connectivity index (χ0) is 16.9. The summed E-state index contributed by atoms with van der Waals surface area (Å²) in [6.45, 7) is 0. The van der Waals surface area contributed by atoms with E-state index in [1.807, 2.05) is 25.2 Å². The molecule has 1 aromatic carbocycles. The van der Waals surface area contributed by atoms with Crippen molar-refractivity contribution in [2.75, 3.05) is 7.05 Å². The van der Waals surface area contributed by atoms with Crippen molar-refractivity contribution < 1.29 is 4.79 Å². The number of aromatic nitrogens is 2. The van der Waals surface area contributed by atoms with Gasteiger partial charge in [-0.2, -0.15) is 9.78 Å². The summed E-state index contributed by atoms with van der Waals surface area (Å²) in [6, 6.07) is 12.4. The highest BCUT2D eigenvalue weighted by atomic mass is 16.2. The van der Waals surface area contributed by atoms with Crippen molar-refractivity contribution in [2.45, 2.75) is 44.6 Å². The van der Waals surface area contributed by atoms with Gasteiger partial charge in [-0.1, -0.05) is 43.9 Å². The van der Waals surface area contributed by atoms with Crippen LogP contribution in [0.4, 0.5) is 0 Å². The zero-order valence-corrected chi connectivity index (χ0v) is 14.0. The quantitative estimate of drug-likeness (QED) is 0.815. The highest BCUT2D eigenvalue weighted by molar-refractivity contribution is 5.92. The van der Waals surface area contributed by atoms with Crippen LogP contribution < -0.4 is 5.56 Å². The van der Waals surface area contributed by atoms with E-state index in [-0.39, 0.29) is 17.5 Å². The molecule has 0 N–H and O–H groups in total. The van der Waals surface area contributed by atoms with Crippen molar-refractivity contribution in [3.8, 4) is 5.69 Å². The van der Waals surface area contributed by atoms with E-state index in [1.165, 1.54) is 42.5 Å². The van der Waals surface area contributed by atoms with Gasteiger partial charge in [0.05, 0.1) is 5.69 Å². The summed E-state index contributed by atoms with van der Waals surface area (Å²) in [4.78, 5) is 26.7. The number of hydrogen-bond acceptors (Lipinski definition) is 3. The van der Waals surface area contributed by atoms with Gasteiger partial charge in [-0.15, -0.1) is 0 Å². The predicted molar refractivity (Wildman–Crippen MR) is 93.4 cm³/mol. The molecular formula is C19H23N3O2. The lowest BCUT2D eigenvalue weighted by Crippen LogP contribution is -2.38. The molecule has 0 radical (unpaired) electrons. The largest absolute Gasteiger partial charge is 0.337 e. The maximum absolute atomic E-state index is 12.8. The third kappa shape index (κ3) is 3.55. The molecule has 0 saturated heterocycles. The molecule has 0 bridgehead atoms. The number of para-hydroxylation sites is 1. The zero-order valence-electron chi connectivity index (χ0n) is 14.0. The molecule has 5 heteroatoms. The highest BCUT2D eigenvalue weighted by Crippen LogP contribution is 2.22. The fourth-order valence-electron chi connectivity index (χ4n) is 3.27. The summed E-state index contributed by atoms with van der Waals surface area (Å²) in [6.07, 6.45) is 6.91. The molecule has 1 saturated carbocycles. The molecule has 2 aromatic rings. The average Bonchev–Trinajstić information content (AvgIpc) is 2.91. The predicted octanol–water partition coefficient (Wildman–Crippen LogP) is 3.03. The van der Waals surface area contributed by atoms with Crippen LogP contribution in [0.25, 0.3) is 5.69 Å². The number of benzene rings is 1. The van der Waals surface area contributed by atoms with Crippen molar-refractivity contribution in [1.82, 2.24) is 14.7 Å². The van der Waals surface area contributed by atoms with Gasteiger partial charge in [0, 0.05) is 19.2 Å². The Balaban J connectivity index is 1.86. The second-order valence-electron chi connectivity index (χ2n) is 6.37. The number of nitrogens with zero attached hydrogens (tertiary/aromatic N) is 3. The Hall–Kier alpha value is -2.43.